The molecule has 1 aliphatic rings. The number of hydrogen-bond donors (Lipinski definition) is 1. The second kappa shape index (κ2) is 5.21. The molecule has 1 saturated heterocycles. The van der Waals surface area contributed by atoms with Crippen LogP contribution in [-0.4, -0.2) is 26.8 Å². The van der Waals surface area contributed by atoms with Crippen molar-refractivity contribution in [3.05, 3.63) is 23.8 Å². The van der Waals surface area contributed by atoms with Crippen molar-refractivity contribution in [1.82, 2.24) is 5.32 Å². The first-order valence-electron chi connectivity index (χ1n) is 5.87. The molecule has 3 heteroatoms. The summed E-state index contributed by atoms with van der Waals surface area (Å²) in [6, 6.07) is 6.14. The molecule has 0 bridgehead atoms. The van der Waals surface area contributed by atoms with Gasteiger partial charge in [0.15, 0.2) is 11.5 Å². The van der Waals surface area contributed by atoms with Crippen molar-refractivity contribution < 1.29 is 9.47 Å². The van der Waals surface area contributed by atoms with Crippen LogP contribution in [0.15, 0.2) is 18.2 Å². The number of benzene rings is 1. The van der Waals surface area contributed by atoms with E-state index in [1.165, 1.54) is 12.0 Å². The third-order valence-corrected chi connectivity index (χ3v) is 3.02. The summed E-state index contributed by atoms with van der Waals surface area (Å²) in [6.45, 7) is 4.80. The molecule has 0 amide bonds. The van der Waals surface area contributed by atoms with Crippen molar-refractivity contribution in [3.8, 4) is 11.5 Å². The minimum atomic E-state index is 0.552. The fourth-order valence-corrected chi connectivity index (χ4v) is 2.23. The van der Waals surface area contributed by atoms with E-state index in [0.717, 1.165) is 24.6 Å². The predicted molar refractivity (Wildman–Crippen MR) is 64.4 cm³/mol. The van der Waals surface area contributed by atoms with Crippen LogP contribution < -0.4 is 14.8 Å². The van der Waals surface area contributed by atoms with Crippen molar-refractivity contribution in [1.29, 1.82) is 0 Å². The first-order valence-corrected chi connectivity index (χ1v) is 5.87. The average molecular weight is 221 g/mol. The van der Waals surface area contributed by atoms with Gasteiger partial charge in [0.1, 0.15) is 0 Å². The molecule has 16 heavy (non-hydrogen) atoms. The van der Waals surface area contributed by atoms with Gasteiger partial charge in [-0.05, 0) is 26.0 Å². The Morgan fingerprint density at radius 2 is 2.31 bits per heavy atom. The van der Waals surface area contributed by atoms with Gasteiger partial charge in [0.25, 0.3) is 0 Å². The topological polar surface area (TPSA) is 30.5 Å². The summed E-state index contributed by atoms with van der Waals surface area (Å²) in [5.74, 6) is 2.31. The second-order valence-corrected chi connectivity index (χ2v) is 4.00. The summed E-state index contributed by atoms with van der Waals surface area (Å²) < 4.78 is 11.1. The van der Waals surface area contributed by atoms with Crippen molar-refractivity contribution in [2.24, 2.45) is 0 Å². The van der Waals surface area contributed by atoms with Crippen molar-refractivity contribution in [2.75, 3.05) is 26.8 Å². The Morgan fingerprint density at radius 1 is 1.44 bits per heavy atom. The fraction of sp³-hybridized carbons (Fsp3) is 0.538. The molecule has 1 aromatic rings. The van der Waals surface area contributed by atoms with Gasteiger partial charge in [-0.1, -0.05) is 12.1 Å². The smallest absolute Gasteiger partial charge is 0.164 e. The highest BCUT2D eigenvalue weighted by molar-refractivity contribution is 5.48. The summed E-state index contributed by atoms with van der Waals surface area (Å²) in [7, 11) is 1.69. The third kappa shape index (κ3) is 2.14. The number of rotatable bonds is 4. The maximum Gasteiger partial charge on any atom is 0.164 e. The summed E-state index contributed by atoms with van der Waals surface area (Å²) in [6.07, 6.45) is 1.17. The Bertz CT molecular complexity index is 346. The lowest BCUT2D eigenvalue weighted by Gasteiger charge is -2.17. The molecule has 0 spiro atoms. The molecule has 1 aromatic carbocycles. The Labute approximate surface area is 96.8 Å². The molecule has 0 saturated carbocycles. The van der Waals surface area contributed by atoms with Crippen LogP contribution in [0.3, 0.4) is 0 Å². The van der Waals surface area contributed by atoms with Crippen LogP contribution in [0.5, 0.6) is 11.5 Å². The molecule has 0 radical (unpaired) electrons. The van der Waals surface area contributed by atoms with Crippen LogP contribution >= 0.6 is 0 Å². The van der Waals surface area contributed by atoms with Crippen LogP contribution in [-0.2, 0) is 0 Å². The SMILES string of the molecule is CCOc1c(OC)cccc1[C@H]1CCNC1. The molecular weight excluding hydrogens is 202 g/mol. The Kier molecular flexibility index (Phi) is 3.67. The molecule has 1 atom stereocenters. The molecule has 1 aliphatic heterocycles. The standard InChI is InChI=1S/C13H19NO2/c1-3-16-13-11(10-7-8-14-9-10)5-4-6-12(13)15-2/h4-6,10,14H,3,7-9H2,1-2H3/t10-/m0/s1. The fourth-order valence-electron chi connectivity index (χ4n) is 2.23. The number of methoxy groups -OCH3 is 1. The summed E-state index contributed by atoms with van der Waals surface area (Å²) >= 11 is 0. The highest BCUT2D eigenvalue weighted by Crippen LogP contribution is 2.37. The minimum Gasteiger partial charge on any atom is -0.493 e. The van der Waals surface area contributed by atoms with Gasteiger partial charge in [-0.3, -0.25) is 0 Å². The first kappa shape index (κ1) is 11.3. The lowest BCUT2D eigenvalue weighted by Crippen LogP contribution is -2.09. The molecule has 2 rings (SSSR count). The predicted octanol–water partition coefficient (Wildman–Crippen LogP) is 2.17. The van der Waals surface area contributed by atoms with E-state index in [4.69, 9.17) is 9.47 Å². The van der Waals surface area contributed by atoms with Gasteiger partial charge in [0.05, 0.1) is 13.7 Å². The molecule has 1 N–H and O–H groups in total. The van der Waals surface area contributed by atoms with Crippen LogP contribution in [0, 0.1) is 0 Å². The Hall–Kier alpha value is -1.22. The number of nitrogens with one attached hydrogen (secondary N) is 1. The van der Waals surface area contributed by atoms with E-state index in [1.807, 2.05) is 19.1 Å². The molecule has 1 fully saturated rings. The molecule has 1 heterocycles. The van der Waals surface area contributed by atoms with Gasteiger partial charge in [-0.15, -0.1) is 0 Å². The van der Waals surface area contributed by atoms with Crippen LogP contribution in [0.1, 0.15) is 24.8 Å². The van der Waals surface area contributed by atoms with Gasteiger partial charge >= 0.3 is 0 Å². The maximum absolute atomic E-state index is 5.72. The molecule has 3 nitrogen and oxygen atoms in total. The molecule has 0 aliphatic carbocycles. The van der Waals surface area contributed by atoms with Crippen molar-refractivity contribution >= 4 is 0 Å². The molecular formula is C13H19NO2. The van der Waals surface area contributed by atoms with Crippen molar-refractivity contribution in [2.45, 2.75) is 19.3 Å². The van der Waals surface area contributed by atoms with Gasteiger partial charge in [0.2, 0.25) is 0 Å². The van der Waals surface area contributed by atoms with Gasteiger partial charge in [-0.2, -0.15) is 0 Å². The molecule has 88 valence electrons. The zero-order chi connectivity index (χ0) is 11.4. The lowest BCUT2D eigenvalue weighted by molar-refractivity contribution is 0.306. The van der Waals surface area contributed by atoms with Crippen LogP contribution in [0.4, 0.5) is 0 Å². The summed E-state index contributed by atoms with van der Waals surface area (Å²) in [5.41, 5.74) is 1.27. The minimum absolute atomic E-state index is 0.552. The number of hydrogen-bond acceptors (Lipinski definition) is 3. The average Bonchev–Trinajstić information content (AvgIpc) is 2.83. The van der Waals surface area contributed by atoms with E-state index >= 15 is 0 Å². The van der Waals surface area contributed by atoms with E-state index < -0.39 is 0 Å². The zero-order valence-corrected chi connectivity index (χ0v) is 9.95. The Morgan fingerprint density at radius 3 is 2.94 bits per heavy atom. The van der Waals surface area contributed by atoms with E-state index in [9.17, 15) is 0 Å². The summed E-state index contributed by atoms with van der Waals surface area (Å²) in [4.78, 5) is 0. The highest BCUT2D eigenvalue weighted by atomic mass is 16.5. The van der Waals surface area contributed by atoms with Gasteiger partial charge in [-0.25, -0.2) is 0 Å². The van der Waals surface area contributed by atoms with Crippen LogP contribution in [0.2, 0.25) is 0 Å². The van der Waals surface area contributed by atoms with Crippen LogP contribution in [0.25, 0.3) is 0 Å². The number of para-hydroxylation sites is 1. The first-order chi connectivity index (χ1) is 7.86. The third-order valence-electron chi connectivity index (χ3n) is 3.02. The largest absolute Gasteiger partial charge is 0.493 e. The van der Waals surface area contributed by atoms with Crippen molar-refractivity contribution in [3.63, 3.8) is 0 Å². The number of ether oxygens (including phenoxy) is 2. The quantitative estimate of drug-likeness (QED) is 0.845. The highest BCUT2D eigenvalue weighted by Gasteiger charge is 2.22. The van der Waals surface area contributed by atoms with E-state index in [0.29, 0.717) is 12.5 Å². The second-order valence-electron chi connectivity index (χ2n) is 4.00. The molecule has 0 aromatic heterocycles. The monoisotopic (exact) mass is 221 g/mol. The lowest BCUT2D eigenvalue weighted by atomic mass is 9.97. The normalized spacial score (nSPS) is 19.8. The summed E-state index contributed by atoms with van der Waals surface area (Å²) in [5, 5.41) is 3.38. The van der Waals surface area contributed by atoms with E-state index in [2.05, 4.69) is 11.4 Å². The molecule has 0 unspecified atom stereocenters. The van der Waals surface area contributed by atoms with Gasteiger partial charge in [0, 0.05) is 18.0 Å². The van der Waals surface area contributed by atoms with E-state index in [-0.39, 0.29) is 0 Å². The van der Waals surface area contributed by atoms with E-state index in [1.54, 1.807) is 7.11 Å². The maximum atomic E-state index is 5.72. The zero-order valence-electron chi connectivity index (χ0n) is 9.95. The Balaban J connectivity index is 2.33. The van der Waals surface area contributed by atoms with Gasteiger partial charge < -0.3 is 14.8 Å².